The summed E-state index contributed by atoms with van der Waals surface area (Å²) < 4.78 is 31.4. The Bertz CT molecular complexity index is 2750. The van der Waals surface area contributed by atoms with Crippen molar-refractivity contribution < 1.29 is 8.78 Å². The fourth-order valence-corrected chi connectivity index (χ4v) is 7.28. The summed E-state index contributed by atoms with van der Waals surface area (Å²) in [5, 5.41) is 2.20. The predicted molar refractivity (Wildman–Crippen MR) is 211 cm³/mol. The second-order valence-corrected chi connectivity index (χ2v) is 13.3. The Balaban J connectivity index is 1.34. The third-order valence-corrected chi connectivity index (χ3v) is 9.74. The standard InChI is InChI=1S/C47H32F2N4/c1-29-17-20-38(30(2)23-29)34-19-22-43-40(27-34)39-15-9-10-16-42(39)53(43)44-21-18-33(35-24-36(48)28-37(49)25-35)26-41(44)47-51-45(31-11-5-3-6-12-31)50-46(52-47)32-13-7-4-8-14-32/h3-28H,1-2H3. The van der Waals surface area contributed by atoms with Gasteiger partial charge in [0.1, 0.15) is 11.6 Å². The van der Waals surface area contributed by atoms with Gasteiger partial charge < -0.3 is 4.57 Å². The molecule has 0 saturated heterocycles. The van der Waals surface area contributed by atoms with Gasteiger partial charge in [-0.05, 0) is 84.1 Å². The van der Waals surface area contributed by atoms with Gasteiger partial charge >= 0.3 is 0 Å². The normalized spacial score (nSPS) is 11.4. The molecule has 0 unspecified atom stereocenters. The van der Waals surface area contributed by atoms with Gasteiger partial charge in [-0.2, -0.15) is 0 Å². The second kappa shape index (κ2) is 13.1. The Morgan fingerprint density at radius 3 is 1.70 bits per heavy atom. The number of halogens is 2. The number of nitrogens with zero attached hydrogens (tertiary/aromatic N) is 4. The van der Waals surface area contributed by atoms with Crippen LogP contribution in [0.5, 0.6) is 0 Å². The molecule has 0 radical (unpaired) electrons. The van der Waals surface area contributed by atoms with Crippen LogP contribution in [0, 0.1) is 25.5 Å². The van der Waals surface area contributed by atoms with Crippen LogP contribution in [0.15, 0.2) is 158 Å². The van der Waals surface area contributed by atoms with E-state index < -0.39 is 11.6 Å². The quantitative estimate of drug-likeness (QED) is 0.174. The molecule has 4 nitrogen and oxygen atoms in total. The average molecular weight is 691 g/mol. The molecule has 9 rings (SSSR count). The summed E-state index contributed by atoms with van der Waals surface area (Å²) in [4.78, 5) is 15.1. The first-order valence-corrected chi connectivity index (χ1v) is 17.5. The summed E-state index contributed by atoms with van der Waals surface area (Å²) in [7, 11) is 0. The minimum Gasteiger partial charge on any atom is -0.309 e. The van der Waals surface area contributed by atoms with E-state index in [2.05, 4.69) is 73.0 Å². The van der Waals surface area contributed by atoms with Gasteiger partial charge in [-0.25, -0.2) is 23.7 Å². The molecule has 0 aliphatic heterocycles. The Hall–Kier alpha value is -6.79. The van der Waals surface area contributed by atoms with E-state index in [0.717, 1.165) is 50.2 Å². The molecule has 0 saturated carbocycles. The summed E-state index contributed by atoms with van der Waals surface area (Å²) in [5.41, 5.74) is 11.0. The Morgan fingerprint density at radius 2 is 1.02 bits per heavy atom. The summed E-state index contributed by atoms with van der Waals surface area (Å²) in [6, 6.07) is 50.5. The average Bonchev–Trinajstić information content (AvgIpc) is 3.51. The molecule has 0 aliphatic carbocycles. The lowest BCUT2D eigenvalue weighted by atomic mass is 9.97. The van der Waals surface area contributed by atoms with Crippen LogP contribution >= 0.6 is 0 Å². The van der Waals surface area contributed by atoms with E-state index in [0.29, 0.717) is 34.2 Å². The van der Waals surface area contributed by atoms with E-state index in [9.17, 15) is 8.78 Å². The number of fused-ring (bicyclic) bond motifs is 3. The van der Waals surface area contributed by atoms with Crippen LogP contribution in [-0.2, 0) is 0 Å². The molecule has 0 aliphatic rings. The Morgan fingerprint density at radius 1 is 0.415 bits per heavy atom. The predicted octanol–water partition coefficient (Wildman–Crippen LogP) is 12.2. The first kappa shape index (κ1) is 32.1. The second-order valence-electron chi connectivity index (χ2n) is 13.3. The van der Waals surface area contributed by atoms with Gasteiger partial charge in [0.15, 0.2) is 17.5 Å². The molecule has 0 spiro atoms. The summed E-state index contributed by atoms with van der Waals surface area (Å²) >= 11 is 0. The van der Waals surface area contributed by atoms with Crippen LogP contribution in [0.1, 0.15) is 11.1 Å². The van der Waals surface area contributed by atoms with Crippen molar-refractivity contribution in [3.8, 4) is 62.1 Å². The fourth-order valence-electron chi connectivity index (χ4n) is 7.28. The van der Waals surface area contributed by atoms with Gasteiger partial charge in [-0.1, -0.05) is 115 Å². The lowest BCUT2D eigenvalue weighted by Crippen LogP contribution is -2.04. The van der Waals surface area contributed by atoms with Crippen molar-refractivity contribution in [2.24, 2.45) is 0 Å². The van der Waals surface area contributed by atoms with Crippen molar-refractivity contribution in [3.63, 3.8) is 0 Å². The SMILES string of the molecule is Cc1ccc(-c2ccc3c(c2)c2ccccc2n3-c2ccc(-c3cc(F)cc(F)c3)cc2-c2nc(-c3ccccc3)nc(-c3ccccc3)n2)c(C)c1. The molecule has 7 aromatic carbocycles. The maximum atomic E-state index is 14.6. The monoisotopic (exact) mass is 690 g/mol. The van der Waals surface area contributed by atoms with E-state index in [4.69, 9.17) is 15.0 Å². The molecule has 53 heavy (non-hydrogen) atoms. The van der Waals surface area contributed by atoms with E-state index in [-0.39, 0.29) is 0 Å². The summed E-state index contributed by atoms with van der Waals surface area (Å²) in [5.74, 6) is 0.172. The molecule has 0 bridgehead atoms. The van der Waals surface area contributed by atoms with Gasteiger partial charge in [0.05, 0.1) is 16.7 Å². The van der Waals surface area contributed by atoms with Crippen LogP contribution in [-0.4, -0.2) is 19.5 Å². The summed E-state index contributed by atoms with van der Waals surface area (Å²) in [6.07, 6.45) is 0. The first-order chi connectivity index (χ1) is 25.9. The maximum Gasteiger partial charge on any atom is 0.166 e. The third-order valence-electron chi connectivity index (χ3n) is 9.74. The van der Waals surface area contributed by atoms with Gasteiger partial charge in [0, 0.05) is 33.5 Å². The largest absolute Gasteiger partial charge is 0.309 e. The van der Waals surface area contributed by atoms with E-state index >= 15 is 0 Å². The van der Waals surface area contributed by atoms with Crippen LogP contribution < -0.4 is 0 Å². The Kier molecular flexibility index (Phi) is 7.93. The van der Waals surface area contributed by atoms with Crippen LogP contribution in [0.2, 0.25) is 0 Å². The molecule has 0 amide bonds. The minimum atomic E-state index is -0.648. The van der Waals surface area contributed by atoms with Gasteiger partial charge in [-0.3, -0.25) is 0 Å². The zero-order chi connectivity index (χ0) is 36.1. The van der Waals surface area contributed by atoms with Crippen LogP contribution in [0.4, 0.5) is 8.78 Å². The highest BCUT2D eigenvalue weighted by Gasteiger charge is 2.21. The number of hydrogen-bond donors (Lipinski definition) is 0. The zero-order valence-corrected chi connectivity index (χ0v) is 29.1. The zero-order valence-electron chi connectivity index (χ0n) is 29.1. The van der Waals surface area contributed by atoms with Crippen molar-refractivity contribution in [2.75, 3.05) is 0 Å². The topological polar surface area (TPSA) is 43.6 Å². The van der Waals surface area contributed by atoms with Gasteiger partial charge in [0.25, 0.3) is 0 Å². The highest BCUT2D eigenvalue weighted by Crippen LogP contribution is 2.40. The lowest BCUT2D eigenvalue weighted by molar-refractivity contribution is 0.584. The first-order valence-electron chi connectivity index (χ1n) is 17.5. The van der Waals surface area contributed by atoms with E-state index in [1.807, 2.05) is 84.9 Å². The molecular formula is C47H32F2N4. The minimum absolute atomic E-state index is 0.413. The number of hydrogen-bond acceptors (Lipinski definition) is 3. The smallest absolute Gasteiger partial charge is 0.166 e. The molecule has 0 N–H and O–H groups in total. The number of aryl methyl sites for hydroxylation is 2. The van der Waals surface area contributed by atoms with Crippen LogP contribution in [0.3, 0.4) is 0 Å². The van der Waals surface area contributed by atoms with Gasteiger partial charge in [-0.15, -0.1) is 0 Å². The van der Waals surface area contributed by atoms with Crippen molar-refractivity contribution in [1.82, 2.24) is 19.5 Å². The molecule has 6 heteroatoms. The maximum absolute atomic E-state index is 14.6. The highest BCUT2D eigenvalue weighted by atomic mass is 19.1. The molecule has 0 atom stereocenters. The van der Waals surface area contributed by atoms with E-state index in [1.165, 1.54) is 28.8 Å². The van der Waals surface area contributed by atoms with Crippen molar-refractivity contribution in [1.29, 1.82) is 0 Å². The Labute approximate surface area is 305 Å². The van der Waals surface area contributed by atoms with Crippen LogP contribution in [0.25, 0.3) is 83.9 Å². The third kappa shape index (κ3) is 5.94. The number of aromatic nitrogens is 4. The van der Waals surface area contributed by atoms with Crippen molar-refractivity contribution >= 4 is 21.8 Å². The molecular weight excluding hydrogens is 659 g/mol. The van der Waals surface area contributed by atoms with Gasteiger partial charge in [0.2, 0.25) is 0 Å². The highest BCUT2D eigenvalue weighted by molar-refractivity contribution is 6.11. The molecule has 254 valence electrons. The van der Waals surface area contributed by atoms with Crippen molar-refractivity contribution in [2.45, 2.75) is 13.8 Å². The molecule has 2 aromatic heterocycles. The lowest BCUT2D eigenvalue weighted by Gasteiger charge is -2.16. The number of rotatable bonds is 6. The fraction of sp³-hybridized carbons (Fsp3) is 0.0426. The number of benzene rings is 7. The molecule has 9 aromatic rings. The van der Waals surface area contributed by atoms with Crippen molar-refractivity contribution in [3.05, 3.63) is 180 Å². The molecule has 0 fully saturated rings. The molecule has 2 heterocycles. The number of para-hydroxylation sites is 1. The summed E-state index contributed by atoms with van der Waals surface area (Å²) in [6.45, 7) is 4.26. The van der Waals surface area contributed by atoms with E-state index in [1.54, 1.807) is 0 Å².